The van der Waals surface area contributed by atoms with Crippen LogP contribution in [0, 0.1) is 5.82 Å². The van der Waals surface area contributed by atoms with Crippen LogP contribution in [0.15, 0.2) is 48.7 Å². The van der Waals surface area contributed by atoms with Crippen molar-refractivity contribution in [1.82, 2.24) is 25.4 Å². The predicted molar refractivity (Wildman–Crippen MR) is 121 cm³/mol. The van der Waals surface area contributed by atoms with Crippen LogP contribution in [0.2, 0.25) is 0 Å². The van der Waals surface area contributed by atoms with Crippen molar-refractivity contribution >= 4 is 16.7 Å². The molecule has 3 heterocycles. The van der Waals surface area contributed by atoms with E-state index in [4.69, 9.17) is 11.5 Å². The van der Waals surface area contributed by atoms with Crippen molar-refractivity contribution in [2.24, 2.45) is 11.5 Å². The number of pyridine rings is 1. The van der Waals surface area contributed by atoms with Gasteiger partial charge in [0.25, 0.3) is 0 Å². The van der Waals surface area contributed by atoms with Crippen LogP contribution >= 0.6 is 0 Å². The lowest BCUT2D eigenvalue weighted by molar-refractivity contribution is 0.224. The highest BCUT2D eigenvalue weighted by atomic mass is 19.1. The Morgan fingerprint density at radius 2 is 2.03 bits per heavy atom. The zero-order valence-corrected chi connectivity index (χ0v) is 17.8. The zero-order chi connectivity index (χ0) is 22.3. The van der Waals surface area contributed by atoms with Crippen LogP contribution in [-0.4, -0.2) is 39.0 Å². The summed E-state index contributed by atoms with van der Waals surface area (Å²) >= 11 is 0. The summed E-state index contributed by atoms with van der Waals surface area (Å²) in [7, 11) is 1.93. The lowest BCUT2D eigenvalue weighted by Gasteiger charge is -2.48. The summed E-state index contributed by atoms with van der Waals surface area (Å²) in [5.41, 5.74) is 15.1. The van der Waals surface area contributed by atoms with E-state index < -0.39 is 5.54 Å². The number of anilines is 1. The molecule has 0 bridgehead atoms. The maximum absolute atomic E-state index is 14.5. The van der Waals surface area contributed by atoms with Gasteiger partial charge in [0.05, 0.1) is 28.5 Å². The molecule has 0 amide bonds. The van der Waals surface area contributed by atoms with Gasteiger partial charge < -0.3 is 16.4 Å². The maximum atomic E-state index is 14.5. The van der Waals surface area contributed by atoms with E-state index in [1.165, 1.54) is 6.07 Å². The van der Waals surface area contributed by atoms with Gasteiger partial charge in [0.2, 0.25) is 0 Å². The Bertz CT molecular complexity index is 1250. The maximum Gasteiger partial charge on any atom is 0.151 e. The molecule has 1 saturated carbocycles. The molecule has 1 aliphatic rings. The Labute approximate surface area is 184 Å². The number of nitrogens with two attached hydrogens (primary N) is 2. The summed E-state index contributed by atoms with van der Waals surface area (Å²) in [6.45, 7) is 0.320. The molecular weight excluding hydrogens is 407 g/mol. The average Bonchev–Trinajstić information content (AvgIpc) is 3.22. The number of H-pyrrole nitrogens is 1. The van der Waals surface area contributed by atoms with Crippen molar-refractivity contribution in [2.45, 2.75) is 30.8 Å². The summed E-state index contributed by atoms with van der Waals surface area (Å²) < 4.78 is 14.5. The highest BCUT2D eigenvalue weighted by molar-refractivity contribution is 5.86. The minimum atomic E-state index is -0.496. The number of halogens is 1. The monoisotopic (exact) mass is 432 g/mol. The van der Waals surface area contributed by atoms with Crippen molar-refractivity contribution in [3.63, 3.8) is 0 Å². The minimum Gasteiger partial charge on any atom is -0.347 e. The minimum absolute atomic E-state index is 0.288. The normalized spacial score (nSPS) is 16.0. The number of nitrogens with one attached hydrogen (secondary N) is 1. The molecule has 0 radical (unpaired) electrons. The van der Waals surface area contributed by atoms with Crippen LogP contribution in [0.1, 0.15) is 36.7 Å². The second kappa shape index (κ2) is 7.92. The average molecular weight is 433 g/mol. The summed E-state index contributed by atoms with van der Waals surface area (Å²) in [4.78, 5) is 6.34. The van der Waals surface area contributed by atoms with E-state index in [2.05, 4.69) is 25.4 Å². The standard InChI is InChI=1S/C23H25FN8/c1-32(23(9-3-10-23)22-16(24)4-2-11-27-22)20-8-7-18(28-30-20)14-5-6-19-15(12-14)21(31-29-19)17(26)13-25/h2,4-8,11-12,17H,3,9-10,13,25-26H2,1H3,(H,29,31). The number of nitrogens with zero attached hydrogens (tertiary/aromatic N) is 5. The highest BCUT2D eigenvalue weighted by Crippen LogP contribution is 2.47. The molecule has 9 heteroatoms. The van der Waals surface area contributed by atoms with E-state index in [-0.39, 0.29) is 11.9 Å². The smallest absolute Gasteiger partial charge is 0.151 e. The number of benzene rings is 1. The number of aromatic amines is 1. The fourth-order valence-corrected chi connectivity index (χ4v) is 4.44. The molecule has 1 fully saturated rings. The molecule has 1 unspecified atom stereocenters. The van der Waals surface area contributed by atoms with Gasteiger partial charge in [-0.15, -0.1) is 10.2 Å². The fourth-order valence-electron chi connectivity index (χ4n) is 4.44. The second-order valence-electron chi connectivity index (χ2n) is 8.27. The van der Waals surface area contributed by atoms with Crippen molar-refractivity contribution < 1.29 is 4.39 Å². The molecule has 5 N–H and O–H groups in total. The molecule has 0 saturated heterocycles. The molecule has 1 aromatic carbocycles. The number of fused-ring (bicyclic) bond motifs is 1. The Morgan fingerprint density at radius 1 is 1.19 bits per heavy atom. The number of rotatable bonds is 6. The first-order valence-corrected chi connectivity index (χ1v) is 10.7. The van der Waals surface area contributed by atoms with Gasteiger partial charge in [-0.1, -0.05) is 6.07 Å². The Hall–Kier alpha value is -3.43. The number of aromatic nitrogens is 5. The van der Waals surface area contributed by atoms with Gasteiger partial charge in [-0.25, -0.2) is 4.39 Å². The van der Waals surface area contributed by atoms with Gasteiger partial charge in [0.1, 0.15) is 11.5 Å². The number of hydrogen-bond donors (Lipinski definition) is 3. The first-order valence-electron chi connectivity index (χ1n) is 10.7. The first kappa shape index (κ1) is 20.5. The van der Waals surface area contributed by atoms with Gasteiger partial charge in [0.15, 0.2) is 5.82 Å². The van der Waals surface area contributed by atoms with Gasteiger partial charge >= 0.3 is 0 Å². The Kier molecular flexibility index (Phi) is 5.07. The van der Waals surface area contributed by atoms with Crippen molar-refractivity contribution in [2.75, 3.05) is 18.5 Å². The van der Waals surface area contributed by atoms with Crippen LogP contribution in [0.3, 0.4) is 0 Å². The molecule has 0 aliphatic heterocycles. The molecule has 32 heavy (non-hydrogen) atoms. The third-order valence-corrected chi connectivity index (χ3v) is 6.52. The topological polar surface area (TPSA) is 123 Å². The van der Waals surface area contributed by atoms with Crippen molar-refractivity contribution in [1.29, 1.82) is 0 Å². The van der Waals surface area contributed by atoms with E-state index in [1.807, 2.05) is 42.3 Å². The summed E-state index contributed by atoms with van der Waals surface area (Å²) in [6.07, 6.45) is 4.30. The van der Waals surface area contributed by atoms with Crippen LogP contribution in [0.5, 0.6) is 0 Å². The van der Waals surface area contributed by atoms with E-state index in [0.29, 0.717) is 18.1 Å². The van der Waals surface area contributed by atoms with Crippen LogP contribution < -0.4 is 16.4 Å². The molecular formula is C23H25FN8. The van der Waals surface area contributed by atoms with Crippen LogP contribution in [0.4, 0.5) is 10.2 Å². The molecule has 0 spiro atoms. The van der Waals surface area contributed by atoms with Crippen LogP contribution in [0.25, 0.3) is 22.2 Å². The molecule has 4 aromatic rings. The van der Waals surface area contributed by atoms with Gasteiger partial charge in [0, 0.05) is 30.7 Å². The van der Waals surface area contributed by atoms with E-state index >= 15 is 0 Å². The lowest BCUT2D eigenvalue weighted by atomic mass is 9.72. The number of hydrogen-bond acceptors (Lipinski definition) is 7. The zero-order valence-electron chi connectivity index (χ0n) is 17.8. The molecule has 5 rings (SSSR count). The largest absolute Gasteiger partial charge is 0.347 e. The van der Waals surface area contributed by atoms with E-state index in [9.17, 15) is 4.39 Å². The SMILES string of the molecule is CN(c1ccc(-c2ccc3n[nH]c(C(N)CN)c3c2)nn1)C1(c2ncccc2F)CCC1. The molecule has 3 aromatic heterocycles. The summed E-state index contributed by atoms with van der Waals surface area (Å²) in [5.74, 6) is 0.386. The Morgan fingerprint density at radius 3 is 2.69 bits per heavy atom. The molecule has 164 valence electrons. The van der Waals surface area contributed by atoms with Gasteiger partial charge in [-0.3, -0.25) is 10.1 Å². The first-order chi connectivity index (χ1) is 15.5. The quantitative estimate of drug-likeness (QED) is 0.428. The fraction of sp³-hybridized carbons (Fsp3) is 0.304. The van der Waals surface area contributed by atoms with E-state index in [0.717, 1.165) is 47.1 Å². The summed E-state index contributed by atoms with van der Waals surface area (Å²) in [5, 5.41) is 17.1. The van der Waals surface area contributed by atoms with Crippen LogP contribution in [-0.2, 0) is 5.54 Å². The highest BCUT2D eigenvalue weighted by Gasteiger charge is 2.46. The third kappa shape index (κ3) is 3.21. The lowest BCUT2D eigenvalue weighted by Crippen LogP contribution is -2.51. The van der Waals surface area contributed by atoms with Gasteiger partial charge in [-0.2, -0.15) is 5.10 Å². The third-order valence-electron chi connectivity index (χ3n) is 6.52. The predicted octanol–water partition coefficient (Wildman–Crippen LogP) is 3.03. The molecule has 8 nitrogen and oxygen atoms in total. The second-order valence-corrected chi connectivity index (χ2v) is 8.27. The molecule has 1 aliphatic carbocycles. The van der Waals surface area contributed by atoms with Gasteiger partial charge in [-0.05, 0) is 55.7 Å². The summed E-state index contributed by atoms with van der Waals surface area (Å²) in [6, 6.07) is 12.5. The Balaban J connectivity index is 1.46. The van der Waals surface area contributed by atoms with E-state index in [1.54, 1.807) is 12.3 Å². The molecule has 1 atom stereocenters. The van der Waals surface area contributed by atoms with Crippen molar-refractivity contribution in [3.8, 4) is 11.3 Å². The van der Waals surface area contributed by atoms with Crippen molar-refractivity contribution in [3.05, 3.63) is 65.9 Å².